The van der Waals surface area contributed by atoms with Crippen molar-refractivity contribution in [2.45, 2.75) is 20.3 Å². The number of nitrogens with zero attached hydrogens (tertiary/aromatic N) is 1. The van der Waals surface area contributed by atoms with Crippen LogP contribution in [0.2, 0.25) is 10.0 Å². The Kier molecular flexibility index (Phi) is 4.76. The van der Waals surface area contributed by atoms with Crippen LogP contribution in [0.15, 0.2) is 42.5 Å². The summed E-state index contributed by atoms with van der Waals surface area (Å²) >= 11 is 12.0. The van der Waals surface area contributed by atoms with Crippen LogP contribution in [0, 0.1) is 5.41 Å². The second-order valence-corrected chi connectivity index (χ2v) is 7.38. The Hall–Kier alpha value is -2.04. The van der Waals surface area contributed by atoms with Gasteiger partial charge in [0.25, 0.3) is 0 Å². The van der Waals surface area contributed by atoms with Gasteiger partial charge in [0.2, 0.25) is 11.8 Å². The fraction of sp³-hybridized carbons (Fsp3) is 0.263. The van der Waals surface area contributed by atoms with Crippen molar-refractivity contribution >= 4 is 46.4 Å². The Bertz CT molecular complexity index is 849. The molecule has 0 fully saturated rings. The first-order valence-corrected chi connectivity index (χ1v) is 8.72. The topological polar surface area (TPSA) is 49.4 Å². The number of benzene rings is 2. The zero-order valence-electron chi connectivity index (χ0n) is 14.0. The largest absolute Gasteiger partial charge is 0.324 e. The van der Waals surface area contributed by atoms with Crippen LogP contribution in [0.3, 0.4) is 0 Å². The minimum Gasteiger partial charge on any atom is -0.324 e. The minimum atomic E-state index is -1.25. The van der Waals surface area contributed by atoms with Crippen molar-refractivity contribution in [3.8, 4) is 0 Å². The van der Waals surface area contributed by atoms with Crippen LogP contribution in [0.4, 0.5) is 11.4 Å². The van der Waals surface area contributed by atoms with E-state index in [4.69, 9.17) is 23.2 Å². The second kappa shape index (κ2) is 6.70. The number of rotatable bonds is 3. The van der Waals surface area contributed by atoms with E-state index in [0.717, 1.165) is 17.7 Å². The average Bonchev–Trinajstić information content (AvgIpc) is 3.01. The zero-order chi connectivity index (χ0) is 18.2. The number of carbonyl (C=O) groups excluding carboxylic acids is 2. The molecule has 0 saturated carbocycles. The third-order valence-corrected chi connectivity index (χ3v) is 4.98. The fourth-order valence-electron chi connectivity index (χ4n) is 2.86. The summed E-state index contributed by atoms with van der Waals surface area (Å²) in [5.41, 5.74) is 1.13. The standard InChI is InChI=1S/C19H18Cl2N2O2/c1-19(2,17(24)22-15-11-13(20)7-8-14(15)21)18(25)23-10-9-12-5-3-4-6-16(12)23/h3-8,11H,9-10H2,1-2H3,(H,22,24). The van der Waals surface area contributed by atoms with Gasteiger partial charge >= 0.3 is 0 Å². The summed E-state index contributed by atoms with van der Waals surface area (Å²) in [6.07, 6.45) is 0.791. The molecule has 0 radical (unpaired) electrons. The highest BCUT2D eigenvalue weighted by molar-refractivity contribution is 6.36. The smallest absolute Gasteiger partial charge is 0.242 e. The summed E-state index contributed by atoms with van der Waals surface area (Å²) < 4.78 is 0. The molecule has 6 heteroatoms. The quantitative estimate of drug-likeness (QED) is 0.798. The lowest BCUT2D eigenvalue weighted by molar-refractivity contribution is -0.136. The van der Waals surface area contributed by atoms with Crippen molar-refractivity contribution in [2.24, 2.45) is 5.41 Å². The highest BCUT2D eigenvalue weighted by Crippen LogP contribution is 2.33. The molecular formula is C19H18Cl2N2O2. The van der Waals surface area contributed by atoms with Crippen molar-refractivity contribution in [1.29, 1.82) is 0 Å². The third-order valence-electron chi connectivity index (χ3n) is 4.41. The molecule has 0 spiro atoms. The van der Waals surface area contributed by atoms with E-state index in [2.05, 4.69) is 5.32 Å². The normalized spacial score (nSPS) is 13.5. The molecule has 1 aliphatic heterocycles. The molecule has 130 valence electrons. The van der Waals surface area contributed by atoms with E-state index in [0.29, 0.717) is 22.3 Å². The number of para-hydroxylation sites is 1. The monoisotopic (exact) mass is 376 g/mol. The fourth-order valence-corrected chi connectivity index (χ4v) is 3.19. The van der Waals surface area contributed by atoms with Gasteiger partial charge in [-0.05, 0) is 50.1 Å². The lowest BCUT2D eigenvalue weighted by Crippen LogP contribution is -2.47. The number of hydrogen-bond donors (Lipinski definition) is 1. The number of halogens is 2. The highest BCUT2D eigenvalue weighted by Gasteiger charge is 2.41. The molecule has 2 aromatic carbocycles. The van der Waals surface area contributed by atoms with E-state index >= 15 is 0 Å². The molecule has 2 amide bonds. The van der Waals surface area contributed by atoms with Crippen LogP contribution in [-0.2, 0) is 16.0 Å². The maximum absolute atomic E-state index is 13.0. The number of anilines is 2. The van der Waals surface area contributed by atoms with Gasteiger partial charge in [-0.25, -0.2) is 0 Å². The van der Waals surface area contributed by atoms with E-state index in [1.54, 1.807) is 36.9 Å². The van der Waals surface area contributed by atoms with Gasteiger partial charge in [-0.1, -0.05) is 41.4 Å². The lowest BCUT2D eigenvalue weighted by atomic mass is 9.90. The summed E-state index contributed by atoms with van der Waals surface area (Å²) in [5.74, 6) is -0.667. The lowest BCUT2D eigenvalue weighted by Gasteiger charge is -2.28. The molecule has 3 rings (SSSR count). The van der Waals surface area contributed by atoms with E-state index in [-0.39, 0.29) is 5.91 Å². The molecule has 1 aliphatic rings. The Morgan fingerprint density at radius 3 is 2.60 bits per heavy atom. The summed E-state index contributed by atoms with van der Waals surface area (Å²) in [7, 11) is 0. The van der Waals surface area contributed by atoms with Gasteiger partial charge in [0, 0.05) is 17.3 Å². The maximum Gasteiger partial charge on any atom is 0.242 e. The predicted octanol–water partition coefficient (Wildman–Crippen LogP) is 4.55. The van der Waals surface area contributed by atoms with Gasteiger partial charge in [0.15, 0.2) is 0 Å². The first-order chi connectivity index (χ1) is 11.8. The predicted molar refractivity (Wildman–Crippen MR) is 101 cm³/mol. The van der Waals surface area contributed by atoms with Crippen molar-refractivity contribution in [3.63, 3.8) is 0 Å². The second-order valence-electron chi connectivity index (χ2n) is 6.54. The number of hydrogen-bond acceptors (Lipinski definition) is 2. The number of carbonyl (C=O) groups is 2. The van der Waals surface area contributed by atoms with Crippen LogP contribution in [0.5, 0.6) is 0 Å². The Morgan fingerprint density at radius 2 is 1.84 bits per heavy atom. The average molecular weight is 377 g/mol. The SMILES string of the molecule is CC(C)(C(=O)Nc1cc(Cl)ccc1Cl)C(=O)N1CCc2ccccc21. The molecule has 1 heterocycles. The Morgan fingerprint density at radius 1 is 1.12 bits per heavy atom. The molecule has 25 heavy (non-hydrogen) atoms. The number of amides is 2. The molecule has 0 aliphatic carbocycles. The first-order valence-electron chi connectivity index (χ1n) is 7.97. The maximum atomic E-state index is 13.0. The van der Waals surface area contributed by atoms with Gasteiger partial charge < -0.3 is 10.2 Å². The molecule has 0 bridgehead atoms. The molecular weight excluding hydrogens is 359 g/mol. The van der Waals surface area contributed by atoms with E-state index < -0.39 is 11.3 Å². The summed E-state index contributed by atoms with van der Waals surface area (Å²) in [5, 5.41) is 3.54. The molecule has 4 nitrogen and oxygen atoms in total. The van der Waals surface area contributed by atoms with Crippen LogP contribution in [0.1, 0.15) is 19.4 Å². The van der Waals surface area contributed by atoms with E-state index in [1.165, 1.54) is 0 Å². The minimum absolute atomic E-state index is 0.242. The van der Waals surface area contributed by atoms with Gasteiger partial charge in [-0.2, -0.15) is 0 Å². The van der Waals surface area contributed by atoms with Gasteiger partial charge in [0.1, 0.15) is 5.41 Å². The van der Waals surface area contributed by atoms with Gasteiger partial charge in [-0.3, -0.25) is 9.59 Å². The molecule has 0 aromatic heterocycles. The van der Waals surface area contributed by atoms with Crippen LogP contribution in [-0.4, -0.2) is 18.4 Å². The van der Waals surface area contributed by atoms with Crippen LogP contribution < -0.4 is 10.2 Å². The Balaban J connectivity index is 1.82. The molecule has 1 N–H and O–H groups in total. The zero-order valence-corrected chi connectivity index (χ0v) is 15.5. The summed E-state index contributed by atoms with van der Waals surface area (Å²) in [6, 6.07) is 12.5. The molecule has 2 aromatic rings. The third kappa shape index (κ3) is 3.37. The molecule has 0 unspecified atom stereocenters. The number of nitrogens with one attached hydrogen (secondary N) is 1. The summed E-state index contributed by atoms with van der Waals surface area (Å²) in [6.45, 7) is 3.81. The van der Waals surface area contributed by atoms with Gasteiger partial charge in [-0.15, -0.1) is 0 Å². The van der Waals surface area contributed by atoms with Crippen molar-refractivity contribution in [1.82, 2.24) is 0 Å². The van der Waals surface area contributed by atoms with Crippen molar-refractivity contribution in [2.75, 3.05) is 16.8 Å². The van der Waals surface area contributed by atoms with Crippen molar-refractivity contribution < 1.29 is 9.59 Å². The van der Waals surface area contributed by atoms with E-state index in [9.17, 15) is 9.59 Å². The summed E-state index contributed by atoms with van der Waals surface area (Å²) in [4.78, 5) is 27.4. The van der Waals surface area contributed by atoms with Gasteiger partial charge in [0.05, 0.1) is 10.7 Å². The molecule has 0 saturated heterocycles. The highest BCUT2D eigenvalue weighted by atomic mass is 35.5. The van der Waals surface area contributed by atoms with Crippen molar-refractivity contribution in [3.05, 3.63) is 58.1 Å². The first kappa shape index (κ1) is 17.8. The van der Waals surface area contributed by atoms with E-state index in [1.807, 2.05) is 24.3 Å². The molecule has 0 atom stereocenters. The van der Waals surface area contributed by atoms with Crippen LogP contribution in [0.25, 0.3) is 0 Å². The number of fused-ring (bicyclic) bond motifs is 1. The van der Waals surface area contributed by atoms with Crippen LogP contribution >= 0.6 is 23.2 Å². The Labute approximate surface area is 156 Å².